The van der Waals surface area contributed by atoms with E-state index in [1.54, 1.807) is 0 Å². The van der Waals surface area contributed by atoms with E-state index in [0.717, 1.165) is 66.6 Å². The third kappa shape index (κ3) is 3.93. The summed E-state index contributed by atoms with van der Waals surface area (Å²) < 4.78 is 5.84. The Bertz CT molecular complexity index is 1040. The molecule has 4 rings (SSSR count). The Morgan fingerprint density at radius 3 is 2.72 bits per heavy atom. The van der Waals surface area contributed by atoms with Gasteiger partial charge in [-0.15, -0.1) is 5.73 Å². The minimum atomic E-state index is -0.160. The number of aliphatic hydroxyl groups is 1. The average Bonchev–Trinajstić information content (AvgIpc) is 3.08. The summed E-state index contributed by atoms with van der Waals surface area (Å²) in [6, 6.07) is 6.12. The summed E-state index contributed by atoms with van der Waals surface area (Å²) in [5.74, 6) is 0.768. The second-order valence-electron chi connectivity index (χ2n) is 8.88. The lowest BCUT2D eigenvalue weighted by atomic mass is 9.73. The van der Waals surface area contributed by atoms with Crippen LogP contribution in [0.1, 0.15) is 36.7 Å². The number of aliphatic hydroxyl groups excluding tert-OH is 1. The highest BCUT2D eigenvalue weighted by atomic mass is 16.5. The Morgan fingerprint density at radius 1 is 1.38 bits per heavy atom. The van der Waals surface area contributed by atoms with E-state index in [9.17, 15) is 5.11 Å². The quantitative estimate of drug-likeness (QED) is 0.621. The summed E-state index contributed by atoms with van der Waals surface area (Å²) in [6.07, 6.45) is 3.85. The molecule has 4 N–H and O–H groups in total. The van der Waals surface area contributed by atoms with Crippen LogP contribution in [0.4, 0.5) is 11.5 Å². The minimum absolute atomic E-state index is 0.0445. The second kappa shape index (κ2) is 9.04. The fourth-order valence-corrected chi connectivity index (χ4v) is 4.97. The zero-order valence-electron chi connectivity index (χ0n) is 19.2. The van der Waals surface area contributed by atoms with Gasteiger partial charge >= 0.3 is 0 Å². The molecule has 0 unspecified atom stereocenters. The smallest absolute Gasteiger partial charge is 0.153 e. The summed E-state index contributed by atoms with van der Waals surface area (Å²) in [6.45, 7) is 9.91. The van der Waals surface area contributed by atoms with Crippen molar-refractivity contribution in [3.63, 3.8) is 0 Å². The first-order valence-electron chi connectivity index (χ1n) is 11.2. The van der Waals surface area contributed by atoms with E-state index in [4.69, 9.17) is 20.4 Å². The summed E-state index contributed by atoms with van der Waals surface area (Å²) in [4.78, 5) is 12.0. The number of aryl methyl sites for hydroxylation is 1. The van der Waals surface area contributed by atoms with Gasteiger partial charge in [0.05, 0.1) is 30.7 Å². The molecule has 32 heavy (non-hydrogen) atoms. The second-order valence-corrected chi connectivity index (χ2v) is 8.88. The highest BCUT2D eigenvalue weighted by Gasteiger charge is 2.47. The van der Waals surface area contributed by atoms with Crippen LogP contribution in [-0.2, 0) is 11.3 Å². The molecule has 0 amide bonds. The number of piperidine rings is 1. The van der Waals surface area contributed by atoms with E-state index in [0.29, 0.717) is 5.69 Å². The molecule has 0 bridgehead atoms. The van der Waals surface area contributed by atoms with Crippen LogP contribution in [0.3, 0.4) is 0 Å². The van der Waals surface area contributed by atoms with E-state index in [1.165, 1.54) is 0 Å². The van der Waals surface area contributed by atoms with Gasteiger partial charge in [-0.3, -0.25) is 0 Å². The number of nitrogens with zero attached hydrogens (tertiary/aromatic N) is 3. The molecule has 2 saturated heterocycles. The van der Waals surface area contributed by atoms with Gasteiger partial charge in [0.15, 0.2) is 5.82 Å². The van der Waals surface area contributed by atoms with Crippen molar-refractivity contribution in [2.75, 3.05) is 37.0 Å². The van der Waals surface area contributed by atoms with Gasteiger partial charge in [0.2, 0.25) is 0 Å². The van der Waals surface area contributed by atoms with Crippen LogP contribution in [0.5, 0.6) is 0 Å². The average molecular weight is 436 g/mol. The Labute approximate surface area is 190 Å². The van der Waals surface area contributed by atoms with Crippen molar-refractivity contribution in [1.29, 1.82) is 0 Å². The van der Waals surface area contributed by atoms with Crippen molar-refractivity contribution in [1.82, 2.24) is 9.97 Å². The molecule has 0 aliphatic carbocycles. The Balaban J connectivity index is 1.62. The summed E-state index contributed by atoms with van der Waals surface area (Å²) in [7, 11) is 1.88. The van der Waals surface area contributed by atoms with Gasteiger partial charge in [-0.1, -0.05) is 18.7 Å². The molecule has 0 saturated carbocycles. The van der Waals surface area contributed by atoms with Crippen molar-refractivity contribution < 1.29 is 9.84 Å². The van der Waals surface area contributed by atoms with Gasteiger partial charge in [0.25, 0.3) is 0 Å². The zero-order valence-corrected chi connectivity index (χ0v) is 19.2. The monoisotopic (exact) mass is 435 g/mol. The van der Waals surface area contributed by atoms with Crippen LogP contribution in [0, 0.1) is 12.3 Å². The largest absolute Gasteiger partial charge is 0.390 e. The van der Waals surface area contributed by atoms with Gasteiger partial charge < -0.3 is 25.8 Å². The zero-order chi connectivity index (χ0) is 22.9. The fraction of sp³-hybridized carbons (Fsp3) is 0.480. The number of aromatic nitrogens is 2. The molecule has 2 aromatic rings. The molecule has 2 aliphatic heterocycles. The molecule has 1 spiro atoms. The van der Waals surface area contributed by atoms with E-state index in [1.807, 2.05) is 38.2 Å². The van der Waals surface area contributed by atoms with Crippen molar-refractivity contribution in [2.24, 2.45) is 11.1 Å². The molecule has 2 aliphatic rings. The van der Waals surface area contributed by atoms with Gasteiger partial charge in [-0.2, -0.15) is 0 Å². The van der Waals surface area contributed by atoms with Crippen LogP contribution in [-0.4, -0.2) is 54.0 Å². The standard InChI is InChI=1S/C25H33N5O2/c1-5-6-18-7-8-19(13-20(18)27-4)22-16(2)28-24(21(14-31)29-22)30-11-9-25(10-12-30)15-32-17(3)23(25)26/h6-8,13,17,23,27,31H,1,9-12,14-15,26H2,2-4H3/t17-,23+/m0/s1. The first-order chi connectivity index (χ1) is 15.4. The lowest BCUT2D eigenvalue weighted by Crippen LogP contribution is -2.51. The summed E-state index contributed by atoms with van der Waals surface area (Å²) in [5.41, 5.74) is 14.4. The maximum atomic E-state index is 10.1. The topological polar surface area (TPSA) is 96.5 Å². The minimum Gasteiger partial charge on any atom is -0.390 e. The Kier molecular flexibility index (Phi) is 6.35. The number of hydrogen-bond donors (Lipinski definition) is 3. The highest BCUT2D eigenvalue weighted by molar-refractivity contribution is 5.75. The lowest BCUT2D eigenvalue weighted by molar-refractivity contribution is 0.0973. The van der Waals surface area contributed by atoms with E-state index < -0.39 is 0 Å². The Hall–Kier alpha value is -2.70. The predicted octanol–water partition coefficient (Wildman–Crippen LogP) is 3.12. The van der Waals surface area contributed by atoms with Gasteiger partial charge in [0.1, 0.15) is 5.69 Å². The van der Waals surface area contributed by atoms with Crippen LogP contribution in [0.25, 0.3) is 17.3 Å². The van der Waals surface area contributed by atoms with Gasteiger partial charge in [0, 0.05) is 48.4 Å². The lowest BCUT2D eigenvalue weighted by Gasteiger charge is -2.42. The van der Waals surface area contributed by atoms with E-state index >= 15 is 0 Å². The van der Waals surface area contributed by atoms with Crippen molar-refractivity contribution in [3.05, 3.63) is 47.5 Å². The number of hydrogen-bond acceptors (Lipinski definition) is 7. The number of ether oxygens (including phenoxy) is 1. The van der Waals surface area contributed by atoms with Gasteiger partial charge in [-0.05, 0) is 38.8 Å². The molecular formula is C25H33N5O2. The molecule has 7 heteroatoms. The molecule has 2 fully saturated rings. The molecule has 2 atom stereocenters. The number of nitrogens with one attached hydrogen (secondary N) is 1. The molecule has 1 aromatic heterocycles. The number of benzene rings is 1. The van der Waals surface area contributed by atoms with Crippen LogP contribution in [0.15, 0.2) is 30.5 Å². The van der Waals surface area contributed by atoms with Crippen LogP contribution < -0.4 is 16.0 Å². The number of nitrogens with two attached hydrogens (primary N) is 1. The third-order valence-electron chi connectivity index (χ3n) is 7.03. The number of anilines is 2. The normalized spacial score (nSPS) is 22.1. The number of rotatable bonds is 5. The maximum Gasteiger partial charge on any atom is 0.153 e. The van der Waals surface area contributed by atoms with Gasteiger partial charge in [-0.25, -0.2) is 9.97 Å². The van der Waals surface area contributed by atoms with Crippen molar-refractivity contribution in [2.45, 2.75) is 45.4 Å². The first-order valence-corrected chi connectivity index (χ1v) is 11.2. The predicted molar refractivity (Wildman–Crippen MR) is 129 cm³/mol. The summed E-state index contributed by atoms with van der Waals surface area (Å²) in [5, 5.41) is 13.3. The SMILES string of the molecule is C=C=Cc1ccc(-c2nc(CO)c(N3CCC4(CC3)CO[C@@H](C)[C@H]4N)nc2C)cc1NC. The van der Waals surface area contributed by atoms with E-state index in [-0.39, 0.29) is 24.2 Å². The van der Waals surface area contributed by atoms with Crippen molar-refractivity contribution in [3.8, 4) is 11.3 Å². The maximum absolute atomic E-state index is 10.1. The van der Waals surface area contributed by atoms with Crippen LogP contribution >= 0.6 is 0 Å². The van der Waals surface area contributed by atoms with E-state index in [2.05, 4.69) is 29.5 Å². The van der Waals surface area contributed by atoms with Crippen LogP contribution in [0.2, 0.25) is 0 Å². The molecule has 170 valence electrons. The third-order valence-corrected chi connectivity index (χ3v) is 7.03. The van der Waals surface area contributed by atoms with Crippen molar-refractivity contribution >= 4 is 17.6 Å². The molecule has 0 radical (unpaired) electrons. The fourth-order valence-electron chi connectivity index (χ4n) is 4.97. The molecule has 1 aromatic carbocycles. The highest BCUT2D eigenvalue weighted by Crippen LogP contribution is 2.42. The molecule has 7 nitrogen and oxygen atoms in total. The summed E-state index contributed by atoms with van der Waals surface area (Å²) >= 11 is 0. The first kappa shape index (κ1) is 22.5. The Morgan fingerprint density at radius 2 is 2.12 bits per heavy atom. The molecule has 3 heterocycles. The molecular weight excluding hydrogens is 402 g/mol.